The molecule has 1 amide bonds. The third kappa shape index (κ3) is 5.06. The van der Waals surface area contributed by atoms with Crippen LogP contribution in [0.4, 0.5) is 11.4 Å². The maximum absolute atomic E-state index is 12.9. The van der Waals surface area contributed by atoms with Crippen molar-refractivity contribution in [3.8, 4) is 17.1 Å². The zero-order chi connectivity index (χ0) is 24.9. The number of pyridine rings is 2. The first-order chi connectivity index (χ1) is 16.9. The SMILES string of the molecule is COc1cc(NC(=O)COC(=O)c2cc(-c3ccccn3)nc3ccccc23)c(C)cc1[N+](=O)[O-]. The first kappa shape index (κ1) is 23.3. The lowest BCUT2D eigenvalue weighted by Crippen LogP contribution is -2.21. The van der Waals surface area contributed by atoms with E-state index >= 15 is 0 Å². The molecule has 0 saturated carbocycles. The van der Waals surface area contributed by atoms with Gasteiger partial charge in [-0.15, -0.1) is 0 Å². The molecule has 176 valence electrons. The fourth-order valence-corrected chi connectivity index (χ4v) is 3.50. The molecule has 0 saturated heterocycles. The maximum atomic E-state index is 12.9. The first-order valence-electron chi connectivity index (χ1n) is 10.5. The van der Waals surface area contributed by atoms with Crippen molar-refractivity contribution in [3.63, 3.8) is 0 Å². The van der Waals surface area contributed by atoms with Crippen LogP contribution in [0.25, 0.3) is 22.3 Å². The quantitative estimate of drug-likeness (QED) is 0.239. The topological polar surface area (TPSA) is 134 Å². The number of para-hydroxylation sites is 1. The number of esters is 1. The first-order valence-corrected chi connectivity index (χ1v) is 10.5. The monoisotopic (exact) mass is 472 g/mol. The van der Waals surface area contributed by atoms with Crippen LogP contribution < -0.4 is 10.1 Å². The molecule has 0 radical (unpaired) electrons. The van der Waals surface area contributed by atoms with E-state index in [2.05, 4.69) is 15.3 Å². The molecule has 0 aliphatic heterocycles. The second-order valence-electron chi connectivity index (χ2n) is 7.51. The Morgan fingerprint density at radius 1 is 1.06 bits per heavy atom. The number of carbonyl (C=O) groups is 2. The minimum Gasteiger partial charge on any atom is -0.490 e. The van der Waals surface area contributed by atoms with Gasteiger partial charge in [0.05, 0.1) is 34.5 Å². The number of benzene rings is 2. The van der Waals surface area contributed by atoms with E-state index in [-0.39, 0.29) is 17.0 Å². The number of rotatable bonds is 7. The van der Waals surface area contributed by atoms with E-state index in [1.165, 1.54) is 19.2 Å². The van der Waals surface area contributed by atoms with Crippen molar-refractivity contribution < 1.29 is 24.0 Å². The molecule has 0 aliphatic rings. The predicted octanol–water partition coefficient (Wildman–Crippen LogP) is 4.32. The third-order valence-corrected chi connectivity index (χ3v) is 5.19. The van der Waals surface area contributed by atoms with Gasteiger partial charge >= 0.3 is 11.7 Å². The summed E-state index contributed by atoms with van der Waals surface area (Å²) >= 11 is 0. The minimum atomic E-state index is -0.700. The lowest BCUT2D eigenvalue weighted by Gasteiger charge is -2.12. The largest absolute Gasteiger partial charge is 0.490 e. The number of nitro groups is 1. The molecule has 10 nitrogen and oxygen atoms in total. The summed E-state index contributed by atoms with van der Waals surface area (Å²) in [6, 6.07) is 16.7. The summed E-state index contributed by atoms with van der Waals surface area (Å²) in [5.41, 5.74) is 2.46. The highest BCUT2D eigenvalue weighted by atomic mass is 16.6. The molecule has 4 aromatic rings. The summed E-state index contributed by atoms with van der Waals surface area (Å²) in [5.74, 6) is -1.31. The molecule has 1 N–H and O–H groups in total. The number of aromatic nitrogens is 2. The molecule has 2 heterocycles. The van der Waals surface area contributed by atoms with Crippen LogP contribution in [-0.2, 0) is 9.53 Å². The standard InChI is InChI=1S/C25H20N4O6/c1-15-11-22(29(32)33)23(34-2)13-20(15)28-24(30)14-35-25(31)17-12-21(19-9-5-6-10-26-19)27-18-8-4-3-7-16(17)18/h3-13H,14H2,1-2H3,(H,28,30). The number of nitrogens with one attached hydrogen (secondary N) is 1. The molecule has 35 heavy (non-hydrogen) atoms. The highest BCUT2D eigenvalue weighted by molar-refractivity contribution is 6.05. The lowest BCUT2D eigenvalue weighted by atomic mass is 10.1. The molecule has 4 rings (SSSR count). The average molecular weight is 472 g/mol. The minimum absolute atomic E-state index is 0.00167. The number of ether oxygens (including phenoxy) is 2. The number of fused-ring (bicyclic) bond motifs is 1. The summed E-state index contributed by atoms with van der Waals surface area (Å²) in [4.78, 5) is 44.9. The highest BCUT2D eigenvalue weighted by Gasteiger charge is 2.20. The fraction of sp³-hybridized carbons (Fsp3) is 0.120. The van der Waals surface area contributed by atoms with Crippen LogP contribution in [0, 0.1) is 17.0 Å². The number of nitrogens with zero attached hydrogens (tertiary/aromatic N) is 3. The Bertz CT molecular complexity index is 1440. The third-order valence-electron chi connectivity index (χ3n) is 5.19. The summed E-state index contributed by atoms with van der Waals surface area (Å²) in [6.07, 6.45) is 1.63. The van der Waals surface area contributed by atoms with Gasteiger partial charge in [-0.05, 0) is 36.8 Å². The summed E-state index contributed by atoms with van der Waals surface area (Å²) in [6.45, 7) is 1.05. The zero-order valence-electron chi connectivity index (χ0n) is 18.8. The zero-order valence-corrected chi connectivity index (χ0v) is 18.8. The summed E-state index contributed by atoms with van der Waals surface area (Å²) < 4.78 is 10.3. The number of methoxy groups -OCH3 is 1. The van der Waals surface area contributed by atoms with Crippen LogP contribution >= 0.6 is 0 Å². The van der Waals surface area contributed by atoms with E-state index in [1.807, 2.05) is 6.07 Å². The van der Waals surface area contributed by atoms with E-state index in [0.717, 1.165) is 0 Å². The number of anilines is 1. The second-order valence-corrected chi connectivity index (χ2v) is 7.51. The molecule has 2 aromatic heterocycles. The van der Waals surface area contributed by atoms with Crippen molar-refractivity contribution in [1.29, 1.82) is 0 Å². The lowest BCUT2D eigenvalue weighted by molar-refractivity contribution is -0.385. The van der Waals surface area contributed by atoms with Crippen molar-refractivity contribution in [2.45, 2.75) is 6.92 Å². The van der Waals surface area contributed by atoms with Crippen LogP contribution in [0.2, 0.25) is 0 Å². The van der Waals surface area contributed by atoms with Crippen LogP contribution in [0.3, 0.4) is 0 Å². The van der Waals surface area contributed by atoms with Crippen molar-refractivity contribution in [1.82, 2.24) is 9.97 Å². The van der Waals surface area contributed by atoms with Gasteiger partial charge < -0.3 is 14.8 Å². The molecular weight excluding hydrogens is 452 g/mol. The number of hydrogen-bond acceptors (Lipinski definition) is 8. The predicted molar refractivity (Wildman–Crippen MR) is 128 cm³/mol. The molecule has 0 atom stereocenters. The molecule has 0 fully saturated rings. The van der Waals surface area contributed by atoms with E-state index in [9.17, 15) is 19.7 Å². The molecule has 10 heteroatoms. The maximum Gasteiger partial charge on any atom is 0.339 e. The molecular formula is C25H20N4O6. The fourth-order valence-electron chi connectivity index (χ4n) is 3.50. The second kappa shape index (κ2) is 9.96. The molecule has 0 bridgehead atoms. The number of carbonyl (C=O) groups excluding carboxylic acids is 2. The van der Waals surface area contributed by atoms with E-state index in [0.29, 0.717) is 33.5 Å². The van der Waals surface area contributed by atoms with Gasteiger partial charge in [0.1, 0.15) is 0 Å². The molecule has 2 aromatic carbocycles. The number of amides is 1. The van der Waals surface area contributed by atoms with E-state index < -0.39 is 23.4 Å². The normalized spacial score (nSPS) is 10.6. The van der Waals surface area contributed by atoms with Gasteiger partial charge in [0.15, 0.2) is 12.4 Å². The molecule has 0 unspecified atom stereocenters. The summed E-state index contributed by atoms with van der Waals surface area (Å²) in [5, 5.41) is 14.3. The van der Waals surface area contributed by atoms with Crippen LogP contribution in [0.15, 0.2) is 66.9 Å². The number of nitro benzene ring substituents is 1. The average Bonchev–Trinajstić information content (AvgIpc) is 2.88. The molecule has 0 spiro atoms. The Morgan fingerprint density at radius 3 is 2.54 bits per heavy atom. The van der Waals surface area contributed by atoms with Gasteiger partial charge in [-0.3, -0.25) is 19.9 Å². The van der Waals surface area contributed by atoms with Gasteiger partial charge in [0.2, 0.25) is 0 Å². The Hall–Kier alpha value is -4.86. The van der Waals surface area contributed by atoms with Crippen molar-refractivity contribution in [2.24, 2.45) is 0 Å². The van der Waals surface area contributed by atoms with Crippen LogP contribution in [0.1, 0.15) is 15.9 Å². The number of aryl methyl sites for hydroxylation is 1. The van der Waals surface area contributed by atoms with Gasteiger partial charge in [-0.25, -0.2) is 9.78 Å². The Morgan fingerprint density at radius 2 is 1.83 bits per heavy atom. The smallest absolute Gasteiger partial charge is 0.339 e. The van der Waals surface area contributed by atoms with Crippen LogP contribution in [-0.4, -0.2) is 40.5 Å². The van der Waals surface area contributed by atoms with Gasteiger partial charge in [0.25, 0.3) is 5.91 Å². The van der Waals surface area contributed by atoms with Gasteiger partial charge in [-0.2, -0.15) is 0 Å². The van der Waals surface area contributed by atoms with Gasteiger partial charge in [0, 0.05) is 29.4 Å². The Balaban J connectivity index is 1.53. The summed E-state index contributed by atoms with van der Waals surface area (Å²) in [7, 11) is 1.29. The molecule has 0 aliphatic carbocycles. The Labute approximate surface area is 199 Å². The van der Waals surface area contributed by atoms with E-state index in [4.69, 9.17) is 9.47 Å². The van der Waals surface area contributed by atoms with Crippen LogP contribution in [0.5, 0.6) is 5.75 Å². The van der Waals surface area contributed by atoms with Crippen molar-refractivity contribution in [2.75, 3.05) is 19.0 Å². The van der Waals surface area contributed by atoms with Gasteiger partial charge in [-0.1, -0.05) is 24.3 Å². The van der Waals surface area contributed by atoms with E-state index in [1.54, 1.807) is 55.6 Å². The Kier molecular flexibility index (Phi) is 6.63. The van der Waals surface area contributed by atoms with Crippen molar-refractivity contribution in [3.05, 3.63) is 88.1 Å². The number of hydrogen-bond donors (Lipinski definition) is 1. The van der Waals surface area contributed by atoms with Crippen molar-refractivity contribution >= 4 is 34.2 Å². The highest BCUT2D eigenvalue weighted by Crippen LogP contribution is 2.32.